The SMILES string of the molecule is COc1ccc(CCC(=O)N(Cc2nnc(-c3ccc(Cl)cc3)o2)C2CCCC2)cc1. The summed E-state index contributed by atoms with van der Waals surface area (Å²) in [6.45, 7) is 0.340. The molecule has 0 spiro atoms. The van der Waals surface area contributed by atoms with E-state index in [0.717, 1.165) is 42.6 Å². The van der Waals surface area contributed by atoms with Gasteiger partial charge in [-0.2, -0.15) is 0 Å². The van der Waals surface area contributed by atoms with Gasteiger partial charge in [0, 0.05) is 23.0 Å². The van der Waals surface area contributed by atoms with Crippen LogP contribution in [0.15, 0.2) is 52.9 Å². The molecular formula is C24H26ClN3O3. The Balaban J connectivity index is 1.43. The molecule has 1 aliphatic carbocycles. The highest BCUT2D eigenvalue weighted by molar-refractivity contribution is 6.30. The third kappa shape index (κ3) is 5.44. The van der Waals surface area contributed by atoms with Crippen molar-refractivity contribution in [2.24, 2.45) is 0 Å². The van der Waals surface area contributed by atoms with Gasteiger partial charge >= 0.3 is 0 Å². The molecule has 0 saturated heterocycles. The summed E-state index contributed by atoms with van der Waals surface area (Å²) < 4.78 is 11.1. The number of nitrogens with zero attached hydrogens (tertiary/aromatic N) is 3. The molecule has 1 aliphatic rings. The largest absolute Gasteiger partial charge is 0.497 e. The maximum absolute atomic E-state index is 13.1. The molecule has 1 fully saturated rings. The molecule has 0 unspecified atom stereocenters. The summed E-state index contributed by atoms with van der Waals surface area (Å²) in [5, 5.41) is 9.00. The Morgan fingerprint density at radius 1 is 1.10 bits per heavy atom. The fourth-order valence-corrected chi connectivity index (χ4v) is 4.12. The number of methoxy groups -OCH3 is 1. The summed E-state index contributed by atoms with van der Waals surface area (Å²) in [4.78, 5) is 15.1. The van der Waals surface area contributed by atoms with E-state index < -0.39 is 0 Å². The van der Waals surface area contributed by atoms with E-state index in [0.29, 0.717) is 36.2 Å². The molecule has 3 aromatic rings. The molecule has 31 heavy (non-hydrogen) atoms. The van der Waals surface area contributed by atoms with E-state index in [1.165, 1.54) is 0 Å². The summed E-state index contributed by atoms with van der Waals surface area (Å²) in [5.41, 5.74) is 1.92. The first-order valence-corrected chi connectivity index (χ1v) is 11.0. The zero-order valence-corrected chi connectivity index (χ0v) is 18.3. The number of hydrogen-bond donors (Lipinski definition) is 0. The van der Waals surface area contributed by atoms with Crippen LogP contribution in [-0.4, -0.2) is 34.2 Å². The van der Waals surface area contributed by atoms with Crippen LogP contribution < -0.4 is 4.74 Å². The lowest BCUT2D eigenvalue weighted by Crippen LogP contribution is -2.38. The van der Waals surface area contributed by atoms with Gasteiger partial charge in [0.05, 0.1) is 13.7 Å². The van der Waals surface area contributed by atoms with Crippen LogP contribution in [0.1, 0.15) is 43.6 Å². The highest BCUT2D eigenvalue weighted by atomic mass is 35.5. The Morgan fingerprint density at radius 2 is 1.81 bits per heavy atom. The summed E-state index contributed by atoms with van der Waals surface area (Å²) in [6.07, 6.45) is 5.46. The molecular weight excluding hydrogens is 414 g/mol. The number of benzene rings is 2. The number of rotatable bonds is 8. The average molecular weight is 440 g/mol. The van der Waals surface area contributed by atoms with E-state index in [2.05, 4.69) is 10.2 Å². The number of aryl methyl sites for hydroxylation is 1. The molecule has 0 N–H and O–H groups in total. The Hall–Kier alpha value is -2.86. The van der Waals surface area contributed by atoms with Gasteiger partial charge in [-0.15, -0.1) is 10.2 Å². The molecule has 0 aliphatic heterocycles. The van der Waals surface area contributed by atoms with Gasteiger partial charge in [-0.05, 0) is 61.2 Å². The molecule has 1 amide bonds. The van der Waals surface area contributed by atoms with Crippen LogP contribution in [0.4, 0.5) is 0 Å². The van der Waals surface area contributed by atoms with Crippen molar-refractivity contribution >= 4 is 17.5 Å². The van der Waals surface area contributed by atoms with Gasteiger partial charge in [-0.25, -0.2) is 0 Å². The summed E-state index contributed by atoms with van der Waals surface area (Å²) in [7, 11) is 1.65. The minimum absolute atomic E-state index is 0.119. The standard InChI is InChI=1S/C24H26ClN3O3/c1-30-21-13-6-17(7-14-21)8-15-23(29)28(20-4-2-3-5-20)16-22-26-27-24(31-22)18-9-11-19(25)12-10-18/h6-7,9-14,20H,2-5,8,15-16H2,1H3. The minimum Gasteiger partial charge on any atom is -0.497 e. The minimum atomic E-state index is 0.119. The fourth-order valence-electron chi connectivity index (χ4n) is 4.00. The van der Waals surface area contributed by atoms with Gasteiger partial charge in [0.15, 0.2) is 0 Å². The normalized spacial score (nSPS) is 14.0. The van der Waals surface area contributed by atoms with E-state index in [9.17, 15) is 4.79 Å². The zero-order valence-electron chi connectivity index (χ0n) is 17.6. The molecule has 6 nitrogen and oxygen atoms in total. The van der Waals surface area contributed by atoms with Gasteiger partial charge in [0.25, 0.3) is 0 Å². The van der Waals surface area contributed by atoms with E-state index in [1.807, 2.05) is 41.3 Å². The second-order valence-corrected chi connectivity index (χ2v) is 8.25. The van der Waals surface area contributed by atoms with Gasteiger partial charge in [0.1, 0.15) is 5.75 Å². The maximum Gasteiger partial charge on any atom is 0.247 e. The molecule has 0 atom stereocenters. The molecule has 1 heterocycles. The van der Waals surface area contributed by atoms with Gasteiger partial charge in [-0.3, -0.25) is 4.79 Å². The maximum atomic E-state index is 13.1. The lowest BCUT2D eigenvalue weighted by molar-refractivity contribution is -0.134. The molecule has 1 aromatic heterocycles. The molecule has 7 heteroatoms. The van der Waals surface area contributed by atoms with Crippen molar-refractivity contribution in [1.82, 2.24) is 15.1 Å². The van der Waals surface area contributed by atoms with Crippen LogP contribution >= 0.6 is 11.6 Å². The number of amides is 1. The summed E-state index contributed by atoms with van der Waals surface area (Å²) in [6, 6.07) is 15.3. The molecule has 2 aromatic carbocycles. The number of hydrogen-bond acceptors (Lipinski definition) is 5. The predicted octanol–water partition coefficient (Wildman–Crippen LogP) is 5.30. The van der Waals surface area contributed by atoms with Crippen molar-refractivity contribution < 1.29 is 13.9 Å². The summed E-state index contributed by atoms with van der Waals surface area (Å²) >= 11 is 5.95. The summed E-state index contributed by atoms with van der Waals surface area (Å²) in [5.74, 6) is 1.82. The molecule has 162 valence electrons. The van der Waals surface area contributed by atoms with E-state index in [1.54, 1.807) is 19.2 Å². The number of ether oxygens (including phenoxy) is 1. The molecule has 0 radical (unpaired) electrons. The first kappa shape index (κ1) is 21.4. The molecule has 0 bridgehead atoms. The van der Waals surface area contributed by atoms with Gasteiger partial charge in [0.2, 0.25) is 17.7 Å². The van der Waals surface area contributed by atoms with Crippen molar-refractivity contribution in [2.45, 2.75) is 51.1 Å². The Morgan fingerprint density at radius 3 is 2.48 bits per heavy atom. The van der Waals surface area contributed by atoms with E-state index >= 15 is 0 Å². The van der Waals surface area contributed by atoms with Crippen molar-refractivity contribution in [3.05, 3.63) is 65.0 Å². The van der Waals surface area contributed by atoms with Crippen molar-refractivity contribution in [3.8, 4) is 17.2 Å². The average Bonchev–Trinajstić information content (AvgIpc) is 3.49. The topological polar surface area (TPSA) is 68.5 Å². The van der Waals surface area contributed by atoms with Crippen LogP contribution in [0.3, 0.4) is 0 Å². The Bertz CT molecular complexity index is 996. The third-order valence-corrected chi connectivity index (χ3v) is 5.99. The second-order valence-electron chi connectivity index (χ2n) is 7.82. The first-order chi connectivity index (χ1) is 15.1. The number of halogens is 1. The van der Waals surface area contributed by atoms with Crippen LogP contribution in [-0.2, 0) is 17.8 Å². The Labute approximate surface area is 187 Å². The number of aromatic nitrogens is 2. The monoisotopic (exact) mass is 439 g/mol. The smallest absolute Gasteiger partial charge is 0.247 e. The molecule has 1 saturated carbocycles. The van der Waals surface area contributed by atoms with Crippen LogP contribution in [0.5, 0.6) is 5.75 Å². The third-order valence-electron chi connectivity index (χ3n) is 5.74. The van der Waals surface area contributed by atoms with Crippen molar-refractivity contribution in [1.29, 1.82) is 0 Å². The second kappa shape index (κ2) is 9.96. The highest BCUT2D eigenvalue weighted by Gasteiger charge is 2.28. The quantitative estimate of drug-likeness (QED) is 0.476. The van der Waals surface area contributed by atoms with Crippen molar-refractivity contribution in [2.75, 3.05) is 7.11 Å². The molecule has 4 rings (SSSR count). The van der Waals surface area contributed by atoms with Crippen LogP contribution in [0.25, 0.3) is 11.5 Å². The van der Waals surface area contributed by atoms with E-state index in [4.69, 9.17) is 20.8 Å². The Kier molecular flexibility index (Phi) is 6.87. The van der Waals surface area contributed by atoms with E-state index in [-0.39, 0.29) is 11.9 Å². The van der Waals surface area contributed by atoms with Gasteiger partial charge in [-0.1, -0.05) is 36.6 Å². The fraction of sp³-hybridized carbons (Fsp3) is 0.375. The van der Waals surface area contributed by atoms with Crippen LogP contribution in [0, 0.1) is 0 Å². The van der Waals surface area contributed by atoms with Crippen molar-refractivity contribution in [3.63, 3.8) is 0 Å². The lowest BCUT2D eigenvalue weighted by Gasteiger charge is -2.27. The van der Waals surface area contributed by atoms with Gasteiger partial charge < -0.3 is 14.1 Å². The lowest BCUT2D eigenvalue weighted by atomic mass is 10.1. The highest BCUT2D eigenvalue weighted by Crippen LogP contribution is 2.27. The predicted molar refractivity (Wildman–Crippen MR) is 119 cm³/mol. The zero-order chi connectivity index (χ0) is 21.6. The number of carbonyl (C=O) groups is 1. The number of carbonyl (C=O) groups excluding carboxylic acids is 1. The first-order valence-electron chi connectivity index (χ1n) is 10.6. The van der Waals surface area contributed by atoms with Crippen LogP contribution in [0.2, 0.25) is 5.02 Å².